The molecular formula is C11H12Cl2N2O3S. The summed E-state index contributed by atoms with van der Waals surface area (Å²) in [5, 5.41) is 7.76. The molecule has 2 atom stereocenters. The topological polar surface area (TPSA) is 89.3 Å². The Balaban J connectivity index is 2.37. The summed E-state index contributed by atoms with van der Waals surface area (Å²) < 4.78 is 22.7. The van der Waals surface area contributed by atoms with Gasteiger partial charge in [0.15, 0.2) is 0 Å². The lowest BCUT2D eigenvalue weighted by molar-refractivity contribution is 0.0949. The molecule has 3 N–H and O–H groups in total. The summed E-state index contributed by atoms with van der Waals surface area (Å²) in [7, 11) is -4.00. The Morgan fingerprint density at radius 3 is 2.42 bits per heavy atom. The van der Waals surface area contributed by atoms with Gasteiger partial charge in [-0.05, 0) is 24.5 Å². The second-order valence-electron chi connectivity index (χ2n) is 4.60. The molecule has 1 aromatic rings. The zero-order valence-corrected chi connectivity index (χ0v) is 12.3. The molecular weight excluding hydrogens is 311 g/mol. The minimum Gasteiger partial charge on any atom is -0.349 e. The molecule has 2 unspecified atom stereocenters. The van der Waals surface area contributed by atoms with Gasteiger partial charge < -0.3 is 5.32 Å². The number of carbonyl (C=O) groups excluding carboxylic acids is 1. The fourth-order valence-corrected chi connectivity index (χ4v) is 3.09. The number of carbonyl (C=O) groups is 1. The summed E-state index contributed by atoms with van der Waals surface area (Å²) in [6.45, 7) is 2.00. The Kier molecular flexibility index (Phi) is 3.79. The van der Waals surface area contributed by atoms with Gasteiger partial charge >= 0.3 is 0 Å². The summed E-state index contributed by atoms with van der Waals surface area (Å²) >= 11 is 11.7. The van der Waals surface area contributed by atoms with Crippen LogP contribution in [0.4, 0.5) is 0 Å². The van der Waals surface area contributed by atoms with Crippen molar-refractivity contribution >= 4 is 39.1 Å². The molecule has 104 valence electrons. The molecule has 0 saturated heterocycles. The highest BCUT2D eigenvalue weighted by Crippen LogP contribution is 2.31. The van der Waals surface area contributed by atoms with E-state index in [1.807, 2.05) is 6.92 Å². The van der Waals surface area contributed by atoms with Crippen LogP contribution in [-0.2, 0) is 10.0 Å². The van der Waals surface area contributed by atoms with Crippen molar-refractivity contribution in [3.8, 4) is 0 Å². The van der Waals surface area contributed by atoms with Gasteiger partial charge in [-0.25, -0.2) is 13.6 Å². The molecule has 0 spiro atoms. The van der Waals surface area contributed by atoms with Crippen molar-refractivity contribution in [2.24, 2.45) is 11.1 Å². The van der Waals surface area contributed by atoms with E-state index in [2.05, 4.69) is 5.32 Å². The number of benzene rings is 1. The van der Waals surface area contributed by atoms with Crippen LogP contribution in [-0.4, -0.2) is 20.4 Å². The summed E-state index contributed by atoms with van der Waals surface area (Å²) in [4.78, 5) is 11.7. The van der Waals surface area contributed by atoms with E-state index in [4.69, 9.17) is 28.3 Å². The van der Waals surface area contributed by atoms with Gasteiger partial charge in [0, 0.05) is 6.04 Å². The van der Waals surface area contributed by atoms with Crippen LogP contribution in [0.2, 0.25) is 10.0 Å². The van der Waals surface area contributed by atoms with Crippen molar-refractivity contribution < 1.29 is 13.2 Å². The molecule has 1 saturated carbocycles. The van der Waals surface area contributed by atoms with E-state index in [1.165, 1.54) is 6.07 Å². The van der Waals surface area contributed by atoms with E-state index in [0.717, 1.165) is 12.5 Å². The lowest BCUT2D eigenvalue weighted by Gasteiger charge is -2.09. The molecule has 0 bridgehead atoms. The van der Waals surface area contributed by atoms with Crippen LogP contribution in [0.3, 0.4) is 0 Å². The summed E-state index contributed by atoms with van der Waals surface area (Å²) in [5.74, 6) is -0.00588. The minimum absolute atomic E-state index is 0.0502. The first-order valence-electron chi connectivity index (χ1n) is 5.53. The maximum Gasteiger partial charge on any atom is 0.253 e. The Bertz CT molecular complexity index is 646. The summed E-state index contributed by atoms with van der Waals surface area (Å²) in [6.07, 6.45) is 0.902. The number of nitrogens with one attached hydrogen (secondary N) is 1. The van der Waals surface area contributed by atoms with Gasteiger partial charge in [-0.3, -0.25) is 4.79 Å². The number of sulfonamides is 1. The van der Waals surface area contributed by atoms with E-state index in [-0.39, 0.29) is 26.5 Å². The van der Waals surface area contributed by atoms with Crippen LogP contribution in [0, 0.1) is 5.92 Å². The van der Waals surface area contributed by atoms with E-state index >= 15 is 0 Å². The number of primary sulfonamides is 1. The second kappa shape index (κ2) is 4.94. The van der Waals surface area contributed by atoms with Gasteiger partial charge in [0.25, 0.3) is 5.91 Å². The third-order valence-corrected chi connectivity index (χ3v) is 4.69. The van der Waals surface area contributed by atoms with Crippen molar-refractivity contribution in [3.63, 3.8) is 0 Å². The molecule has 0 aromatic heterocycles. The van der Waals surface area contributed by atoms with Crippen molar-refractivity contribution in [1.82, 2.24) is 5.32 Å². The SMILES string of the molecule is CC1CC1NC(=O)c1cc(S(N)(=O)=O)c(Cl)cc1Cl. The van der Waals surface area contributed by atoms with Crippen LogP contribution in [0.25, 0.3) is 0 Å². The molecule has 1 fully saturated rings. The van der Waals surface area contributed by atoms with Gasteiger partial charge in [-0.2, -0.15) is 0 Å². The predicted octanol–water partition coefficient (Wildman–Crippen LogP) is 1.78. The van der Waals surface area contributed by atoms with Gasteiger partial charge in [-0.1, -0.05) is 30.1 Å². The number of rotatable bonds is 3. The van der Waals surface area contributed by atoms with Crippen LogP contribution in [0.1, 0.15) is 23.7 Å². The third kappa shape index (κ3) is 3.20. The molecule has 1 amide bonds. The van der Waals surface area contributed by atoms with E-state index in [1.54, 1.807) is 0 Å². The molecule has 8 heteroatoms. The third-order valence-electron chi connectivity index (χ3n) is 3.00. The van der Waals surface area contributed by atoms with E-state index in [9.17, 15) is 13.2 Å². The van der Waals surface area contributed by atoms with Crippen LogP contribution in [0.5, 0.6) is 0 Å². The van der Waals surface area contributed by atoms with Crippen molar-refractivity contribution in [2.75, 3.05) is 0 Å². The Labute approximate surface area is 121 Å². The first-order valence-corrected chi connectivity index (χ1v) is 7.83. The van der Waals surface area contributed by atoms with Crippen LogP contribution >= 0.6 is 23.2 Å². The molecule has 19 heavy (non-hydrogen) atoms. The zero-order chi connectivity index (χ0) is 14.4. The monoisotopic (exact) mass is 322 g/mol. The van der Waals surface area contributed by atoms with Gasteiger partial charge in [0.05, 0.1) is 15.6 Å². The van der Waals surface area contributed by atoms with E-state index in [0.29, 0.717) is 5.92 Å². The lowest BCUT2D eigenvalue weighted by atomic mass is 10.2. The molecule has 0 heterocycles. The predicted molar refractivity (Wildman–Crippen MR) is 72.9 cm³/mol. The number of hydrogen-bond acceptors (Lipinski definition) is 3. The molecule has 1 aliphatic rings. The molecule has 2 rings (SSSR count). The Hall–Kier alpha value is -0.820. The highest BCUT2D eigenvalue weighted by molar-refractivity contribution is 7.89. The minimum atomic E-state index is -4.00. The molecule has 1 aliphatic carbocycles. The first kappa shape index (κ1) is 14.6. The number of halogens is 2. The number of amides is 1. The smallest absolute Gasteiger partial charge is 0.253 e. The maximum absolute atomic E-state index is 12.0. The van der Waals surface area contributed by atoms with Crippen molar-refractivity contribution in [3.05, 3.63) is 27.7 Å². The van der Waals surface area contributed by atoms with Crippen molar-refractivity contribution in [1.29, 1.82) is 0 Å². The zero-order valence-electron chi connectivity index (χ0n) is 9.98. The highest BCUT2D eigenvalue weighted by Gasteiger charge is 2.34. The summed E-state index contributed by atoms with van der Waals surface area (Å²) in [6, 6.07) is 2.41. The van der Waals surface area contributed by atoms with Gasteiger partial charge in [0.1, 0.15) is 4.90 Å². The fraction of sp³-hybridized carbons (Fsp3) is 0.364. The largest absolute Gasteiger partial charge is 0.349 e. The number of nitrogens with two attached hydrogens (primary N) is 1. The van der Waals surface area contributed by atoms with Crippen LogP contribution < -0.4 is 10.5 Å². The second-order valence-corrected chi connectivity index (χ2v) is 6.94. The lowest BCUT2D eigenvalue weighted by Crippen LogP contribution is -2.27. The molecule has 1 aromatic carbocycles. The average Bonchev–Trinajstić information content (AvgIpc) is 2.91. The average molecular weight is 323 g/mol. The quantitative estimate of drug-likeness (QED) is 0.888. The molecule has 0 aliphatic heterocycles. The highest BCUT2D eigenvalue weighted by atomic mass is 35.5. The molecule has 0 radical (unpaired) electrons. The summed E-state index contributed by atoms with van der Waals surface area (Å²) in [5.41, 5.74) is 0.0502. The molecule has 5 nitrogen and oxygen atoms in total. The van der Waals surface area contributed by atoms with Gasteiger partial charge in [0.2, 0.25) is 10.0 Å². The normalized spacial score (nSPS) is 22.1. The first-order chi connectivity index (χ1) is 8.70. The van der Waals surface area contributed by atoms with Crippen LogP contribution in [0.15, 0.2) is 17.0 Å². The Morgan fingerprint density at radius 2 is 1.95 bits per heavy atom. The van der Waals surface area contributed by atoms with E-state index < -0.39 is 15.9 Å². The maximum atomic E-state index is 12.0. The van der Waals surface area contributed by atoms with Gasteiger partial charge in [-0.15, -0.1) is 0 Å². The Morgan fingerprint density at radius 1 is 1.37 bits per heavy atom. The fourth-order valence-electron chi connectivity index (χ4n) is 1.69. The number of hydrogen-bond donors (Lipinski definition) is 2. The van der Waals surface area contributed by atoms with Crippen molar-refractivity contribution in [2.45, 2.75) is 24.3 Å². The standard InChI is InChI=1S/C11H12Cl2N2O3S/c1-5-2-9(5)15-11(16)6-3-10(19(14,17)18)8(13)4-7(6)12/h3-5,9H,2H2,1H3,(H,15,16)(H2,14,17,18).